The summed E-state index contributed by atoms with van der Waals surface area (Å²) in [6.07, 6.45) is 1.08. The molecule has 0 radical (unpaired) electrons. The molecule has 1 rings (SSSR count). The van der Waals surface area contributed by atoms with E-state index in [0.29, 0.717) is 4.60 Å². The Hall–Kier alpha value is -0.380. The normalized spacial score (nSPS) is 9.88. The number of hydrogen-bond donors (Lipinski definition) is 0. The van der Waals surface area contributed by atoms with Crippen LogP contribution in [0.5, 0.6) is 0 Å². The number of rotatable bonds is 0. The third-order valence-electron chi connectivity index (χ3n) is 0.790. The molecule has 1 heterocycles. The van der Waals surface area contributed by atoms with Gasteiger partial charge in [0.05, 0.1) is 0 Å². The summed E-state index contributed by atoms with van der Waals surface area (Å²) in [6.45, 7) is 0. The first kappa shape index (κ1) is 5.75. The van der Waals surface area contributed by atoms with Gasteiger partial charge >= 0.3 is 0 Å². The second-order valence-electron chi connectivity index (χ2n) is 1.44. The fourth-order valence-corrected chi connectivity index (χ4v) is 0.862. The smallest absolute Gasteiger partial charge is 0.289 e. The van der Waals surface area contributed by atoms with E-state index >= 15 is 0 Å². The van der Waals surface area contributed by atoms with E-state index < -0.39 is 6.08 Å². The van der Waals surface area contributed by atoms with E-state index in [2.05, 4.69) is 20.9 Å². The van der Waals surface area contributed by atoms with Crippen LogP contribution in [0, 0.1) is 6.08 Å². The van der Waals surface area contributed by atoms with Crippen LogP contribution in [0.4, 0.5) is 4.39 Å². The van der Waals surface area contributed by atoms with E-state index in [9.17, 15) is 4.39 Å². The van der Waals surface area contributed by atoms with E-state index in [0.717, 1.165) is 0 Å². The molecule has 1 aromatic rings. The maximum absolute atomic E-state index is 12.2. The standard InChI is InChI=1S/C4H4BrFN2/c1-8-2-3(5)7-4(8)6/h2H,1H3. The highest BCUT2D eigenvalue weighted by Crippen LogP contribution is 2.05. The fraction of sp³-hybridized carbons (Fsp3) is 0.250. The summed E-state index contributed by atoms with van der Waals surface area (Å²) in [7, 11) is 1.59. The molecule has 0 atom stereocenters. The molecule has 0 aliphatic carbocycles. The maximum atomic E-state index is 12.2. The van der Waals surface area contributed by atoms with Crippen LogP contribution >= 0.6 is 15.9 Å². The van der Waals surface area contributed by atoms with Gasteiger partial charge in [-0.25, -0.2) is 0 Å². The van der Waals surface area contributed by atoms with Gasteiger partial charge in [0.1, 0.15) is 4.60 Å². The first-order chi connectivity index (χ1) is 3.70. The van der Waals surface area contributed by atoms with Gasteiger partial charge in [-0.3, -0.25) is 0 Å². The third kappa shape index (κ3) is 0.888. The molecule has 1 aromatic heterocycles. The van der Waals surface area contributed by atoms with Crippen molar-refractivity contribution in [2.24, 2.45) is 7.05 Å². The highest BCUT2D eigenvalue weighted by atomic mass is 79.9. The molecule has 0 fully saturated rings. The summed E-state index contributed by atoms with van der Waals surface area (Å²) in [5.74, 6) is 0. The Morgan fingerprint density at radius 1 is 1.88 bits per heavy atom. The maximum Gasteiger partial charge on any atom is 0.289 e. The van der Waals surface area contributed by atoms with E-state index in [4.69, 9.17) is 0 Å². The minimum Gasteiger partial charge on any atom is -0.309 e. The number of nitrogens with zero attached hydrogens (tertiary/aromatic N) is 2. The van der Waals surface area contributed by atoms with Crippen LogP contribution < -0.4 is 0 Å². The molecule has 0 saturated carbocycles. The Labute approximate surface area is 54.5 Å². The van der Waals surface area contributed by atoms with E-state index in [1.807, 2.05) is 0 Å². The minimum atomic E-state index is -0.475. The summed E-state index contributed by atoms with van der Waals surface area (Å²) in [6, 6.07) is 0. The average molecular weight is 179 g/mol. The Balaban J connectivity index is 3.14. The molecule has 4 heteroatoms. The monoisotopic (exact) mass is 178 g/mol. The van der Waals surface area contributed by atoms with Crippen LogP contribution in [-0.2, 0) is 7.05 Å². The minimum absolute atomic E-state index is 0.475. The topological polar surface area (TPSA) is 17.8 Å². The molecule has 0 aromatic carbocycles. The molecular formula is C4H4BrFN2. The van der Waals surface area contributed by atoms with Crippen molar-refractivity contribution in [1.29, 1.82) is 0 Å². The molecule has 0 aliphatic heterocycles. The zero-order valence-corrected chi connectivity index (χ0v) is 5.81. The lowest BCUT2D eigenvalue weighted by Crippen LogP contribution is -1.88. The van der Waals surface area contributed by atoms with Gasteiger partial charge in [0, 0.05) is 13.2 Å². The van der Waals surface area contributed by atoms with Crippen molar-refractivity contribution in [2.75, 3.05) is 0 Å². The largest absolute Gasteiger partial charge is 0.309 e. The Kier molecular flexibility index (Phi) is 1.33. The zero-order chi connectivity index (χ0) is 6.15. The lowest BCUT2D eigenvalue weighted by molar-refractivity contribution is 0.500. The van der Waals surface area contributed by atoms with Crippen molar-refractivity contribution in [1.82, 2.24) is 9.55 Å². The average Bonchev–Trinajstić information content (AvgIpc) is 1.85. The van der Waals surface area contributed by atoms with Crippen molar-refractivity contribution >= 4 is 15.9 Å². The number of aryl methyl sites for hydroxylation is 1. The van der Waals surface area contributed by atoms with E-state index in [-0.39, 0.29) is 0 Å². The lowest BCUT2D eigenvalue weighted by Gasteiger charge is -1.82. The predicted octanol–water partition coefficient (Wildman–Crippen LogP) is 1.32. The second kappa shape index (κ2) is 1.85. The molecule has 8 heavy (non-hydrogen) atoms. The lowest BCUT2D eigenvalue weighted by atomic mass is 10.9. The summed E-state index contributed by atoms with van der Waals surface area (Å²) >= 11 is 3.01. The molecule has 0 aliphatic rings. The van der Waals surface area contributed by atoms with Crippen LogP contribution in [-0.4, -0.2) is 9.55 Å². The molecule has 0 spiro atoms. The van der Waals surface area contributed by atoms with Crippen LogP contribution in [0.2, 0.25) is 0 Å². The van der Waals surface area contributed by atoms with E-state index in [1.54, 1.807) is 13.2 Å². The van der Waals surface area contributed by atoms with Gasteiger partial charge in [-0.1, -0.05) is 0 Å². The summed E-state index contributed by atoms with van der Waals surface area (Å²) in [5.41, 5.74) is 0. The second-order valence-corrected chi connectivity index (χ2v) is 2.26. The highest BCUT2D eigenvalue weighted by Gasteiger charge is 1.97. The SMILES string of the molecule is Cn1cc(Br)nc1F. The van der Waals surface area contributed by atoms with Crippen molar-refractivity contribution in [3.63, 3.8) is 0 Å². The number of hydrogen-bond acceptors (Lipinski definition) is 1. The quantitative estimate of drug-likeness (QED) is 0.587. The van der Waals surface area contributed by atoms with Gasteiger partial charge in [-0.05, 0) is 15.9 Å². The van der Waals surface area contributed by atoms with Crippen LogP contribution in [0.25, 0.3) is 0 Å². The third-order valence-corrected chi connectivity index (χ3v) is 1.17. The Bertz CT molecular complexity index is 176. The van der Waals surface area contributed by atoms with Gasteiger partial charge in [0.15, 0.2) is 0 Å². The van der Waals surface area contributed by atoms with Gasteiger partial charge in [0.2, 0.25) is 0 Å². The van der Waals surface area contributed by atoms with Crippen molar-refractivity contribution in [3.8, 4) is 0 Å². The number of imidazole rings is 1. The number of halogens is 2. The Morgan fingerprint density at radius 3 is 2.62 bits per heavy atom. The van der Waals surface area contributed by atoms with Crippen molar-refractivity contribution < 1.29 is 4.39 Å². The van der Waals surface area contributed by atoms with Gasteiger partial charge in [0.25, 0.3) is 6.08 Å². The molecule has 0 bridgehead atoms. The fourth-order valence-electron chi connectivity index (χ4n) is 0.409. The molecular weight excluding hydrogens is 175 g/mol. The van der Waals surface area contributed by atoms with E-state index in [1.165, 1.54) is 4.57 Å². The van der Waals surface area contributed by atoms with Crippen LogP contribution in [0.3, 0.4) is 0 Å². The first-order valence-corrected chi connectivity index (χ1v) is 2.84. The zero-order valence-electron chi connectivity index (χ0n) is 4.23. The number of aromatic nitrogens is 2. The molecule has 44 valence electrons. The highest BCUT2D eigenvalue weighted by molar-refractivity contribution is 9.10. The molecule has 0 saturated heterocycles. The molecule has 0 amide bonds. The summed E-state index contributed by atoms with van der Waals surface area (Å²) < 4.78 is 14.0. The Morgan fingerprint density at radius 2 is 2.50 bits per heavy atom. The predicted molar refractivity (Wildman–Crippen MR) is 30.9 cm³/mol. The summed E-state index contributed by atoms with van der Waals surface area (Å²) in [5, 5.41) is 0. The van der Waals surface area contributed by atoms with Gasteiger partial charge in [-0.15, -0.1) is 0 Å². The molecule has 2 nitrogen and oxygen atoms in total. The van der Waals surface area contributed by atoms with Crippen molar-refractivity contribution in [2.45, 2.75) is 0 Å². The molecule has 0 unspecified atom stereocenters. The van der Waals surface area contributed by atoms with Gasteiger partial charge < -0.3 is 4.57 Å². The van der Waals surface area contributed by atoms with Crippen molar-refractivity contribution in [3.05, 3.63) is 16.9 Å². The molecule has 0 N–H and O–H groups in total. The summed E-state index contributed by atoms with van der Waals surface area (Å²) in [4.78, 5) is 3.42. The van der Waals surface area contributed by atoms with Crippen LogP contribution in [0.1, 0.15) is 0 Å². The van der Waals surface area contributed by atoms with Crippen LogP contribution in [0.15, 0.2) is 10.8 Å². The first-order valence-electron chi connectivity index (χ1n) is 2.04. The van der Waals surface area contributed by atoms with Gasteiger partial charge in [-0.2, -0.15) is 9.37 Å².